The van der Waals surface area contributed by atoms with Crippen molar-refractivity contribution in [3.8, 4) is 5.75 Å². The second-order valence-electron chi connectivity index (χ2n) is 5.69. The highest BCUT2D eigenvalue weighted by Gasteiger charge is 2.19. The van der Waals surface area contributed by atoms with E-state index in [1.807, 2.05) is 12.1 Å². The molecule has 0 spiro atoms. The molecule has 0 radical (unpaired) electrons. The molecule has 1 saturated heterocycles. The summed E-state index contributed by atoms with van der Waals surface area (Å²) in [5.41, 5.74) is 0.794. The van der Waals surface area contributed by atoms with Crippen LogP contribution in [0.5, 0.6) is 5.75 Å². The number of benzene rings is 1. The molecule has 0 saturated carbocycles. The van der Waals surface area contributed by atoms with E-state index >= 15 is 0 Å². The van der Waals surface area contributed by atoms with Crippen molar-refractivity contribution >= 4 is 5.97 Å². The maximum atomic E-state index is 10.6. The molecule has 5 nitrogen and oxygen atoms in total. The standard InChI is InChI=1S/C16H24N2O3/c1-13-12-18(8-7-17(13)2)9-10-21-15-5-3-14(4-6-15)11-16(19)20/h3-6,13H,7-12H2,1-2H3,(H,19,20). The lowest BCUT2D eigenvalue weighted by atomic mass is 10.1. The quantitative estimate of drug-likeness (QED) is 0.857. The van der Waals surface area contributed by atoms with Gasteiger partial charge in [-0.2, -0.15) is 0 Å². The number of carboxylic acid groups (broad SMARTS) is 1. The van der Waals surface area contributed by atoms with E-state index < -0.39 is 5.97 Å². The number of carbonyl (C=O) groups is 1. The van der Waals surface area contributed by atoms with Gasteiger partial charge in [0.1, 0.15) is 12.4 Å². The largest absolute Gasteiger partial charge is 0.492 e. The zero-order chi connectivity index (χ0) is 15.2. The van der Waals surface area contributed by atoms with Gasteiger partial charge >= 0.3 is 5.97 Å². The highest BCUT2D eigenvalue weighted by Crippen LogP contribution is 2.13. The van der Waals surface area contributed by atoms with Gasteiger partial charge in [-0.25, -0.2) is 0 Å². The third-order valence-corrected chi connectivity index (χ3v) is 4.00. The number of likely N-dealkylation sites (N-methyl/N-ethyl adjacent to an activating group) is 1. The van der Waals surface area contributed by atoms with E-state index in [-0.39, 0.29) is 6.42 Å². The first-order chi connectivity index (χ1) is 10.0. The zero-order valence-corrected chi connectivity index (χ0v) is 12.8. The molecule has 1 heterocycles. The van der Waals surface area contributed by atoms with E-state index in [0.29, 0.717) is 12.6 Å². The fraction of sp³-hybridized carbons (Fsp3) is 0.562. The Balaban J connectivity index is 1.72. The number of aliphatic carboxylic acids is 1. The van der Waals surface area contributed by atoms with Crippen LogP contribution in [0.15, 0.2) is 24.3 Å². The minimum atomic E-state index is -0.812. The molecular formula is C16H24N2O3. The third kappa shape index (κ3) is 5.02. The molecule has 0 aliphatic carbocycles. The Hall–Kier alpha value is -1.59. The van der Waals surface area contributed by atoms with Gasteiger partial charge in [-0.05, 0) is 31.7 Å². The molecular weight excluding hydrogens is 268 g/mol. The van der Waals surface area contributed by atoms with Gasteiger partial charge in [-0.3, -0.25) is 9.69 Å². The van der Waals surface area contributed by atoms with Crippen molar-refractivity contribution in [1.82, 2.24) is 9.80 Å². The van der Waals surface area contributed by atoms with Crippen LogP contribution in [0, 0.1) is 0 Å². The average molecular weight is 292 g/mol. The van der Waals surface area contributed by atoms with Crippen LogP contribution in [0.3, 0.4) is 0 Å². The van der Waals surface area contributed by atoms with Crippen LogP contribution in [-0.4, -0.2) is 66.8 Å². The maximum absolute atomic E-state index is 10.6. The number of ether oxygens (including phenoxy) is 1. The number of hydrogen-bond donors (Lipinski definition) is 1. The number of carboxylic acids is 1. The number of rotatable bonds is 6. The Morgan fingerprint density at radius 3 is 2.67 bits per heavy atom. The summed E-state index contributed by atoms with van der Waals surface area (Å²) in [6, 6.07) is 7.88. The van der Waals surface area contributed by atoms with E-state index in [4.69, 9.17) is 9.84 Å². The molecule has 5 heteroatoms. The van der Waals surface area contributed by atoms with E-state index in [9.17, 15) is 4.79 Å². The molecule has 2 rings (SSSR count). The normalized spacial score (nSPS) is 20.4. The molecule has 1 aromatic rings. The number of nitrogens with zero attached hydrogens (tertiary/aromatic N) is 2. The molecule has 0 aromatic heterocycles. The summed E-state index contributed by atoms with van der Waals surface area (Å²) in [5, 5.41) is 8.72. The number of hydrogen-bond acceptors (Lipinski definition) is 4. The summed E-state index contributed by atoms with van der Waals surface area (Å²) in [5.74, 6) is -0.0147. The third-order valence-electron chi connectivity index (χ3n) is 4.00. The van der Waals surface area contributed by atoms with Gasteiger partial charge in [-0.1, -0.05) is 12.1 Å². The lowest BCUT2D eigenvalue weighted by Gasteiger charge is -2.37. The molecule has 1 aromatic carbocycles. The molecule has 116 valence electrons. The first kappa shape index (κ1) is 15.8. The van der Waals surface area contributed by atoms with Crippen molar-refractivity contribution in [2.24, 2.45) is 0 Å². The summed E-state index contributed by atoms with van der Waals surface area (Å²) in [7, 11) is 2.16. The van der Waals surface area contributed by atoms with Crippen LogP contribution in [0.2, 0.25) is 0 Å². The fourth-order valence-electron chi connectivity index (χ4n) is 2.50. The Morgan fingerprint density at radius 2 is 2.05 bits per heavy atom. The van der Waals surface area contributed by atoms with Gasteiger partial charge in [0.05, 0.1) is 6.42 Å². The van der Waals surface area contributed by atoms with Crippen LogP contribution in [0.25, 0.3) is 0 Å². The van der Waals surface area contributed by atoms with Gasteiger partial charge in [0.2, 0.25) is 0 Å². The SMILES string of the molecule is CC1CN(CCOc2ccc(CC(=O)O)cc2)CCN1C. The summed E-state index contributed by atoms with van der Waals surface area (Å²) in [6.45, 7) is 7.10. The van der Waals surface area contributed by atoms with Gasteiger partial charge in [0.25, 0.3) is 0 Å². The minimum absolute atomic E-state index is 0.0550. The first-order valence-corrected chi connectivity index (χ1v) is 7.40. The maximum Gasteiger partial charge on any atom is 0.307 e. The van der Waals surface area contributed by atoms with Crippen LogP contribution >= 0.6 is 0 Å². The van der Waals surface area contributed by atoms with Gasteiger partial charge in [0.15, 0.2) is 0 Å². The van der Waals surface area contributed by atoms with E-state index in [1.54, 1.807) is 12.1 Å². The summed E-state index contributed by atoms with van der Waals surface area (Å²) in [4.78, 5) is 15.4. The van der Waals surface area contributed by atoms with Crippen LogP contribution in [0.1, 0.15) is 12.5 Å². The second kappa shape index (κ2) is 7.43. The van der Waals surface area contributed by atoms with E-state index in [2.05, 4.69) is 23.8 Å². The van der Waals surface area contributed by atoms with Crippen molar-refractivity contribution in [1.29, 1.82) is 0 Å². The Bertz CT molecular complexity index is 461. The molecule has 1 aliphatic rings. The van der Waals surface area contributed by atoms with E-state index in [0.717, 1.165) is 37.5 Å². The molecule has 1 aliphatic heterocycles. The summed E-state index contributed by atoms with van der Waals surface area (Å²) >= 11 is 0. The minimum Gasteiger partial charge on any atom is -0.492 e. The molecule has 1 fully saturated rings. The molecule has 1 unspecified atom stereocenters. The zero-order valence-electron chi connectivity index (χ0n) is 12.8. The lowest BCUT2D eigenvalue weighted by Crippen LogP contribution is -2.50. The van der Waals surface area contributed by atoms with Crippen molar-refractivity contribution in [3.05, 3.63) is 29.8 Å². The molecule has 21 heavy (non-hydrogen) atoms. The first-order valence-electron chi connectivity index (χ1n) is 7.40. The van der Waals surface area contributed by atoms with Crippen LogP contribution < -0.4 is 4.74 Å². The topological polar surface area (TPSA) is 53.0 Å². The fourth-order valence-corrected chi connectivity index (χ4v) is 2.50. The Kier molecular flexibility index (Phi) is 5.59. The Labute approximate surface area is 126 Å². The highest BCUT2D eigenvalue weighted by atomic mass is 16.5. The van der Waals surface area contributed by atoms with Crippen molar-refractivity contribution < 1.29 is 14.6 Å². The second-order valence-corrected chi connectivity index (χ2v) is 5.69. The van der Waals surface area contributed by atoms with Crippen LogP contribution in [-0.2, 0) is 11.2 Å². The summed E-state index contributed by atoms with van der Waals surface area (Å²) in [6.07, 6.45) is 0.0550. The highest BCUT2D eigenvalue weighted by molar-refractivity contribution is 5.70. The van der Waals surface area contributed by atoms with Crippen molar-refractivity contribution in [2.75, 3.05) is 39.8 Å². The van der Waals surface area contributed by atoms with Gasteiger partial charge in [-0.15, -0.1) is 0 Å². The number of piperazine rings is 1. The van der Waals surface area contributed by atoms with E-state index in [1.165, 1.54) is 0 Å². The molecule has 1 N–H and O–H groups in total. The Morgan fingerprint density at radius 1 is 1.33 bits per heavy atom. The monoisotopic (exact) mass is 292 g/mol. The summed E-state index contributed by atoms with van der Waals surface area (Å²) < 4.78 is 5.73. The van der Waals surface area contributed by atoms with Crippen LogP contribution in [0.4, 0.5) is 0 Å². The van der Waals surface area contributed by atoms with Gasteiger partial charge < -0.3 is 14.7 Å². The lowest BCUT2D eigenvalue weighted by molar-refractivity contribution is -0.136. The predicted molar refractivity (Wildman–Crippen MR) is 81.8 cm³/mol. The smallest absolute Gasteiger partial charge is 0.307 e. The average Bonchev–Trinajstić information content (AvgIpc) is 2.44. The van der Waals surface area contributed by atoms with Crippen molar-refractivity contribution in [3.63, 3.8) is 0 Å². The van der Waals surface area contributed by atoms with Crippen molar-refractivity contribution in [2.45, 2.75) is 19.4 Å². The molecule has 0 amide bonds. The molecule has 0 bridgehead atoms. The molecule has 1 atom stereocenters. The van der Waals surface area contributed by atoms with Gasteiger partial charge in [0, 0.05) is 32.2 Å². The predicted octanol–water partition coefficient (Wildman–Crippen LogP) is 1.33.